The van der Waals surface area contributed by atoms with Crippen LogP contribution in [-0.2, 0) is 27.9 Å². The normalized spacial score (nSPS) is 14.2. The molecule has 0 rings (SSSR count). The molecule has 8 nitrogen and oxygen atoms in total. The Hall–Kier alpha value is -1.80. The summed E-state index contributed by atoms with van der Waals surface area (Å²) in [5.74, 6) is -0.324. The lowest BCUT2D eigenvalue weighted by Crippen LogP contribution is -2.37. The van der Waals surface area contributed by atoms with Crippen LogP contribution < -0.4 is 0 Å². The zero-order valence-corrected chi connectivity index (χ0v) is 40.6. The van der Waals surface area contributed by atoms with E-state index in [1.165, 1.54) is 109 Å². The largest absolute Gasteiger partial charge is 0.472 e. The maximum Gasteiger partial charge on any atom is 0.472 e. The number of nitrogens with zero attached hydrogens (tertiary/aromatic N) is 1. The summed E-state index contributed by atoms with van der Waals surface area (Å²) in [6.07, 6.45) is 55.5. The fourth-order valence-corrected chi connectivity index (χ4v) is 7.28. The Balaban J connectivity index is 4.13. The summed E-state index contributed by atoms with van der Waals surface area (Å²) in [6, 6.07) is 0. The lowest BCUT2D eigenvalue weighted by molar-refractivity contribution is -0.870. The number of carbonyl (C=O) groups excluding carboxylic acids is 1. The minimum atomic E-state index is -4.28. The van der Waals surface area contributed by atoms with Crippen molar-refractivity contribution in [1.82, 2.24) is 0 Å². The van der Waals surface area contributed by atoms with Gasteiger partial charge >= 0.3 is 13.8 Å². The Bertz CT molecular complexity index is 1140. The second-order valence-electron chi connectivity index (χ2n) is 17.5. The van der Waals surface area contributed by atoms with E-state index in [2.05, 4.69) is 74.6 Å². The predicted octanol–water partition coefficient (Wildman–Crippen LogP) is 14.9. The summed E-state index contributed by atoms with van der Waals surface area (Å²) in [5, 5.41) is 0. The summed E-state index contributed by atoms with van der Waals surface area (Å²) >= 11 is 0. The molecule has 0 aromatic carbocycles. The third-order valence-electron chi connectivity index (χ3n) is 10.3. The van der Waals surface area contributed by atoms with Gasteiger partial charge in [-0.1, -0.05) is 177 Å². The number of unbranched alkanes of at least 4 members (excludes halogenated alkanes) is 21. The fourth-order valence-electron chi connectivity index (χ4n) is 6.54. The van der Waals surface area contributed by atoms with Gasteiger partial charge in [-0.2, -0.15) is 0 Å². The molecule has 2 atom stereocenters. The molecule has 0 radical (unpaired) electrons. The number of carbonyl (C=O) groups is 1. The topological polar surface area (TPSA) is 91.3 Å². The smallest absolute Gasteiger partial charge is 0.457 e. The minimum Gasteiger partial charge on any atom is -0.457 e. The molecule has 0 aliphatic rings. The van der Waals surface area contributed by atoms with Crippen molar-refractivity contribution in [2.75, 3.05) is 54.1 Å². The van der Waals surface area contributed by atoms with E-state index in [0.717, 1.165) is 70.6 Å². The number of quaternary nitrogens is 1. The Morgan fingerprint density at radius 1 is 0.533 bits per heavy atom. The van der Waals surface area contributed by atoms with E-state index in [1.807, 2.05) is 21.1 Å². The second-order valence-corrected chi connectivity index (χ2v) is 18.9. The van der Waals surface area contributed by atoms with E-state index in [-0.39, 0.29) is 25.8 Å². The van der Waals surface area contributed by atoms with Crippen LogP contribution in [0.15, 0.2) is 60.8 Å². The number of rotatable bonds is 45. The SMILES string of the molecule is CC/C=C\C/C=C\C/C=C\C/C=C\CCCCCCCCCCCCCOCC(COP(=O)(O)OCC[N+](C)(C)C)OC(=O)CCCCCCC/C=C\CCCCCCC. The van der Waals surface area contributed by atoms with E-state index >= 15 is 0 Å². The van der Waals surface area contributed by atoms with Crippen molar-refractivity contribution in [2.45, 2.75) is 206 Å². The number of phosphoric ester groups is 1. The third-order valence-corrected chi connectivity index (χ3v) is 11.3. The molecule has 0 aliphatic carbocycles. The molecule has 0 aliphatic heterocycles. The van der Waals surface area contributed by atoms with Crippen molar-refractivity contribution >= 4 is 13.8 Å². The Morgan fingerprint density at radius 2 is 0.967 bits per heavy atom. The van der Waals surface area contributed by atoms with Crippen LogP contribution in [0.1, 0.15) is 200 Å². The number of phosphoric acid groups is 1. The number of likely N-dealkylation sites (N-methyl/N-ethyl adjacent to an activating group) is 1. The first-order chi connectivity index (χ1) is 29.1. The number of ether oxygens (including phenoxy) is 2. The Morgan fingerprint density at radius 3 is 1.47 bits per heavy atom. The molecule has 60 heavy (non-hydrogen) atoms. The average Bonchev–Trinajstić information content (AvgIpc) is 3.20. The molecule has 0 amide bonds. The van der Waals surface area contributed by atoms with Crippen molar-refractivity contribution in [3.05, 3.63) is 60.8 Å². The van der Waals surface area contributed by atoms with Crippen LogP contribution in [0.3, 0.4) is 0 Å². The first-order valence-corrected chi connectivity index (χ1v) is 26.0. The van der Waals surface area contributed by atoms with Crippen LogP contribution in [0.5, 0.6) is 0 Å². The molecular formula is C51H95NO7P+. The summed E-state index contributed by atoms with van der Waals surface area (Å²) in [7, 11) is 1.66. The number of esters is 1. The van der Waals surface area contributed by atoms with Gasteiger partial charge in [0.15, 0.2) is 0 Å². The first kappa shape index (κ1) is 58.2. The molecule has 0 aromatic heterocycles. The molecule has 0 saturated carbocycles. The van der Waals surface area contributed by atoms with E-state index in [4.69, 9.17) is 18.5 Å². The standard InChI is InChI=1S/C51H94NO7P/c1-6-8-10-12-14-16-18-20-22-23-24-25-26-27-28-29-30-31-33-35-37-39-41-43-46-56-48-50(49-58-60(54,55)57-47-45-52(3,4)5)59-51(53)44-42-40-38-36-34-32-21-19-17-15-13-11-9-7-2/h8,10,14,16,19-22,24-25,50H,6-7,9,11-13,15,17-18,23,26-49H2,1-5H3/p+1/b10-8-,16-14-,21-19-,22-20-,25-24-. The number of hydrogen-bond acceptors (Lipinski definition) is 6. The summed E-state index contributed by atoms with van der Waals surface area (Å²) in [4.78, 5) is 22.9. The number of allylic oxidation sites excluding steroid dienone is 10. The van der Waals surface area contributed by atoms with Gasteiger partial charge in [-0.05, 0) is 77.0 Å². The van der Waals surface area contributed by atoms with E-state index < -0.39 is 13.9 Å². The van der Waals surface area contributed by atoms with Gasteiger partial charge in [0, 0.05) is 13.0 Å². The highest BCUT2D eigenvalue weighted by Crippen LogP contribution is 2.43. The highest BCUT2D eigenvalue weighted by Gasteiger charge is 2.26. The highest BCUT2D eigenvalue weighted by molar-refractivity contribution is 7.47. The third kappa shape index (κ3) is 47.3. The van der Waals surface area contributed by atoms with Gasteiger partial charge in [-0.25, -0.2) is 4.57 Å². The van der Waals surface area contributed by atoms with Gasteiger partial charge in [0.05, 0.1) is 34.4 Å². The molecule has 0 fully saturated rings. The molecule has 1 N–H and O–H groups in total. The fraction of sp³-hybridized carbons (Fsp3) is 0.784. The maximum atomic E-state index is 12.7. The Labute approximate surface area is 370 Å². The van der Waals surface area contributed by atoms with Crippen LogP contribution in [0.2, 0.25) is 0 Å². The van der Waals surface area contributed by atoms with Gasteiger partial charge in [-0.15, -0.1) is 0 Å². The summed E-state index contributed by atoms with van der Waals surface area (Å²) in [5.41, 5.74) is 0. The van der Waals surface area contributed by atoms with Crippen molar-refractivity contribution in [3.63, 3.8) is 0 Å². The zero-order valence-electron chi connectivity index (χ0n) is 39.7. The van der Waals surface area contributed by atoms with Gasteiger partial charge in [-0.3, -0.25) is 13.8 Å². The Kier molecular flexibility index (Phi) is 42.5. The first-order valence-electron chi connectivity index (χ1n) is 24.5. The maximum absolute atomic E-state index is 12.7. The quantitative estimate of drug-likeness (QED) is 0.0214. The van der Waals surface area contributed by atoms with Crippen LogP contribution in [0.4, 0.5) is 0 Å². The molecule has 0 saturated heterocycles. The average molecular weight is 865 g/mol. The van der Waals surface area contributed by atoms with Gasteiger partial charge in [0.25, 0.3) is 0 Å². The lowest BCUT2D eigenvalue weighted by atomic mass is 10.1. The van der Waals surface area contributed by atoms with Crippen LogP contribution in [-0.4, -0.2) is 75.6 Å². The lowest BCUT2D eigenvalue weighted by Gasteiger charge is -2.24. The van der Waals surface area contributed by atoms with Crippen molar-refractivity contribution < 1.29 is 37.3 Å². The summed E-state index contributed by atoms with van der Waals surface area (Å²) in [6.45, 7) is 5.49. The minimum absolute atomic E-state index is 0.0847. The van der Waals surface area contributed by atoms with Gasteiger partial charge in [0.1, 0.15) is 19.3 Å². The second kappa shape index (κ2) is 43.8. The van der Waals surface area contributed by atoms with Crippen molar-refractivity contribution in [3.8, 4) is 0 Å². The number of hydrogen-bond donors (Lipinski definition) is 1. The molecule has 0 spiro atoms. The molecule has 350 valence electrons. The van der Waals surface area contributed by atoms with E-state index in [1.54, 1.807) is 0 Å². The highest BCUT2D eigenvalue weighted by atomic mass is 31.2. The van der Waals surface area contributed by atoms with Crippen molar-refractivity contribution in [2.24, 2.45) is 0 Å². The van der Waals surface area contributed by atoms with E-state index in [9.17, 15) is 14.3 Å². The van der Waals surface area contributed by atoms with Gasteiger partial charge < -0.3 is 18.9 Å². The monoisotopic (exact) mass is 865 g/mol. The van der Waals surface area contributed by atoms with Crippen molar-refractivity contribution in [1.29, 1.82) is 0 Å². The van der Waals surface area contributed by atoms with Crippen LogP contribution in [0.25, 0.3) is 0 Å². The van der Waals surface area contributed by atoms with Crippen LogP contribution >= 0.6 is 7.82 Å². The molecular weight excluding hydrogens is 770 g/mol. The van der Waals surface area contributed by atoms with Crippen LogP contribution in [0, 0.1) is 0 Å². The molecule has 9 heteroatoms. The predicted molar refractivity (Wildman–Crippen MR) is 256 cm³/mol. The van der Waals surface area contributed by atoms with Gasteiger partial charge in [0.2, 0.25) is 0 Å². The molecule has 2 unspecified atom stereocenters. The zero-order chi connectivity index (χ0) is 44.1. The molecule has 0 heterocycles. The molecule has 0 aromatic rings. The molecule has 0 bridgehead atoms. The summed E-state index contributed by atoms with van der Waals surface area (Å²) < 4.78 is 35.1. The van der Waals surface area contributed by atoms with E-state index in [0.29, 0.717) is 24.1 Å².